The fourth-order valence-electron chi connectivity index (χ4n) is 2.59. The lowest BCUT2D eigenvalue weighted by Crippen LogP contribution is -2.25. The molecule has 1 aromatic heterocycles. The van der Waals surface area contributed by atoms with Gasteiger partial charge in [0.25, 0.3) is 10.0 Å². The first-order valence-corrected chi connectivity index (χ1v) is 11.5. The quantitative estimate of drug-likeness (QED) is 0.549. The number of sulfone groups is 1. The summed E-state index contributed by atoms with van der Waals surface area (Å²) in [6, 6.07) is 12.1. The lowest BCUT2D eigenvalue weighted by molar-refractivity contribution is -0.0447. The zero-order valence-corrected chi connectivity index (χ0v) is 17.4. The number of hydrogen-bond donors (Lipinski definition) is 1. The third-order valence-corrected chi connectivity index (χ3v) is 6.51. The molecule has 0 aliphatic carbocycles. The number of sulfonamides is 1. The van der Waals surface area contributed by atoms with Crippen molar-refractivity contribution >= 4 is 42.5 Å². The summed E-state index contributed by atoms with van der Waals surface area (Å²) in [6.07, 6.45) is 0.931. The van der Waals surface area contributed by atoms with Gasteiger partial charge < -0.3 is 0 Å². The monoisotopic (exact) mass is 438 g/mol. The van der Waals surface area contributed by atoms with E-state index in [9.17, 15) is 16.8 Å². The van der Waals surface area contributed by atoms with Crippen molar-refractivity contribution in [2.45, 2.75) is 9.79 Å². The van der Waals surface area contributed by atoms with Gasteiger partial charge in [0.15, 0.2) is 15.7 Å². The Hall–Kier alpha value is -2.80. The van der Waals surface area contributed by atoms with Crippen LogP contribution < -0.4 is 9.95 Å². The Labute approximate surface area is 168 Å². The molecule has 0 atom stereocenters. The fraction of sp³-hybridized carbons (Fsp3) is 0.176. The molecule has 0 aliphatic rings. The smallest absolute Gasteiger partial charge is 0.260 e. The minimum atomic E-state index is -4.34. The molecule has 2 aromatic carbocycles. The van der Waals surface area contributed by atoms with Crippen molar-refractivity contribution in [3.8, 4) is 0 Å². The molecule has 12 heteroatoms. The molecule has 0 saturated carbocycles. The van der Waals surface area contributed by atoms with Crippen molar-refractivity contribution in [2.75, 3.05) is 30.4 Å². The molecule has 0 bridgehead atoms. The van der Waals surface area contributed by atoms with Gasteiger partial charge in [0.1, 0.15) is 4.90 Å². The average molecular weight is 438 g/mol. The van der Waals surface area contributed by atoms with Crippen molar-refractivity contribution < 1.29 is 26.5 Å². The number of aromatic nitrogens is 2. The van der Waals surface area contributed by atoms with Gasteiger partial charge in [-0.25, -0.2) is 26.8 Å². The largest absolute Gasteiger partial charge is 0.264 e. The van der Waals surface area contributed by atoms with E-state index in [1.54, 1.807) is 24.3 Å². The maximum absolute atomic E-state index is 13.0. The van der Waals surface area contributed by atoms with E-state index in [1.165, 1.54) is 38.5 Å². The van der Waals surface area contributed by atoms with E-state index < -0.39 is 24.8 Å². The van der Waals surface area contributed by atoms with Gasteiger partial charge in [-0.2, -0.15) is 0 Å². The van der Waals surface area contributed by atoms with Gasteiger partial charge in [0.2, 0.25) is 5.82 Å². The van der Waals surface area contributed by atoms with Crippen LogP contribution in [0.4, 0.5) is 11.6 Å². The van der Waals surface area contributed by atoms with Crippen LogP contribution in [-0.2, 0) is 29.5 Å². The van der Waals surface area contributed by atoms with Crippen LogP contribution in [0.1, 0.15) is 0 Å². The van der Waals surface area contributed by atoms with E-state index in [0.29, 0.717) is 11.0 Å². The maximum Gasteiger partial charge on any atom is 0.264 e. The van der Waals surface area contributed by atoms with Crippen LogP contribution in [0.2, 0.25) is 0 Å². The SMILES string of the molecule is CON(OC)c1nc2ccccc2nc1NS(=O)(=O)c1ccccc1S(C)(=O)=O. The van der Waals surface area contributed by atoms with Crippen LogP contribution in [-0.4, -0.2) is 47.3 Å². The van der Waals surface area contributed by atoms with E-state index in [4.69, 9.17) is 9.68 Å². The molecule has 0 radical (unpaired) electrons. The second-order valence-corrected chi connectivity index (χ2v) is 9.47. The van der Waals surface area contributed by atoms with Crippen LogP contribution in [0, 0.1) is 0 Å². The molecule has 0 saturated heterocycles. The third-order valence-electron chi connectivity index (χ3n) is 3.83. The first-order chi connectivity index (χ1) is 13.7. The Bertz CT molecular complexity index is 1260. The highest BCUT2D eigenvalue weighted by Gasteiger charge is 2.27. The van der Waals surface area contributed by atoms with E-state index in [0.717, 1.165) is 11.5 Å². The van der Waals surface area contributed by atoms with Gasteiger partial charge in [-0.3, -0.25) is 14.4 Å². The van der Waals surface area contributed by atoms with Crippen molar-refractivity contribution in [3.63, 3.8) is 0 Å². The third kappa shape index (κ3) is 4.29. The highest BCUT2D eigenvalue weighted by molar-refractivity contribution is 7.95. The molecule has 154 valence electrons. The topological polar surface area (TPSA) is 128 Å². The summed E-state index contributed by atoms with van der Waals surface area (Å²) in [4.78, 5) is 18.0. The summed E-state index contributed by atoms with van der Waals surface area (Å²) < 4.78 is 52.4. The summed E-state index contributed by atoms with van der Waals surface area (Å²) in [6.45, 7) is 0. The van der Waals surface area contributed by atoms with E-state index in [-0.39, 0.29) is 16.5 Å². The van der Waals surface area contributed by atoms with Crippen molar-refractivity contribution in [1.82, 2.24) is 9.97 Å². The summed E-state index contributed by atoms with van der Waals surface area (Å²) in [7, 11) is -5.53. The number of fused-ring (bicyclic) bond motifs is 1. The molecule has 1 N–H and O–H groups in total. The number of para-hydroxylation sites is 2. The molecular formula is C17H18N4O6S2. The van der Waals surface area contributed by atoms with Gasteiger partial charge in [0.05, 0.1) is 30.1 Å². The Morgan fingerprint density at radius 1 is 0.828 bits per heavy atom. The molecule has 0 amide bonds. The first kappa shape index (κ1) is 20.9. The summed E-state index contributed by atoms with van der Waals surface area (Å²) >= 11 is 0. The molecule has 3 rings (SSSR count). The summed E-state index contributed by atoms with van der Waals surface area (Å²) in [5.74, 6) is -0.259. The maximum atomic E-state index is 13.0. The second kappa shape index (κ2) is 7.91. The number of benzene rings is 2. The molecule has 10 nitrogen and oxygen atoms in total. The number of nitrogens with zero attached hydrogens (tertiary/aromatic N) is 3. The number of nitrogens with one attached hydrogen (secondary N) is 1. The molecule has 3 aromatic rings. The Morgan fingerprint density at radius 2 is 1.34 bits per heavy atom. The zero-order valence-electron chi connectivity index (χ0n) is 15.7. The van der Waals surface area contributed by atoms with Crippen LogP contribution in [0.15, 0.2) is 58.3 Å². The molecule has 0 unspecified atom stereocenters. The van der Waals surface area contributed by atoms with Gasteiger partial charge in [-0.05, 0) is 24.3 Å². The molecule has 29 heavy (non-hydrogen) atoms. The van der Waals surface area contributed by atoms with Gasteiger partial charge in [-0.1, -0.05) is 24.3 Å². The number of hydrogen-bond acceptors (Lipinski definition) is 9. The van der Waals surface area contributed by atoms with Gasteiger partial charge in [0, 0.05) is 6.26 Å². The predicted octanol–water partition coefficient (Wildman–Crippen LogP) is 1.76. The van der Waals surface area contributed by atoms with Crippen LogP contribution in [0.25, 0.3) is 11.0 Å². The fourth-order valence-corrected chi connectivity index (χ4v) is 5.23. The lowest BCUT2D eigenvalue weighted by Gasteiger charge is -2.20. The second-order valence-electron chi connectivity index (χ2n) is 5.83. The minimum absolute atomic E-state index is 0.0610. The van der Waals surface area contributed by atoms with Crippen molar-refractivity contribution in [1.29, 1.82) is 0 Å². The molecular weight excluding hydrogens is 420 g/mol. The molecule has 0 aliphatic heterocycles. The molecule has 0 spiro atoms. The van der Waals surface area contributed by atoms with E-state index >= 15 is 0 Å². The predicted molar refractivity (Wildman–Crippen MR) is 106 cm³/mol. The van der Waals surface area contributed by atoms with Gasteiger partial charge in [-0.15, -0.1) is 5.23 Å². The van der Waals surface area contributed by atoms with Crippen LogP contribution in [0.3, 0.4) is 0 Å². The van der Waals surface area contributed by atoms with Crippen molar-refractivity contribution in [2.24, 2.45) is 0 Å². The number of anilines is 2. The highest BCUT2D eigenvalue weighted by Crippen LogP contribution is 2.29. The molecule has 1 heterocycles. The minimum Gasteiger partial charge on any atom is -0.260 e. The van der Waals surface area contributed by atoms with Crippen molar-refractivity contribution in [3.05, 3.63) is 48.5 Å². The van der Waals surface area contributed by atoms with E-state index in [1.807, 2.05) is 0 Å². The normalized spacial score (nSPS) is 12.1. The average Bonchev–Trinajstić information content (AvgIpc) is 2.68. The van der Waals surface area contributed by atoms with Crippen LogP contribution >= 0.6 is 0 Å². The first-order valence-electron chi connectivity index (χ1n) is 8.14. The molecule has 0 fully saturated rings. The van der Waals surface area contributed by atoms with E-state index in [2.05, 4.69) is 14.7 Å². The van der Waals surface area contributed by atoms with Crippen LogP contribution in [0.5, 0.6) is 0 Å². The lowest BCUT2D eigenvalue weighted by atomic mass is 10.3. The zero-order chi connectivity index (χ0) is 21.2. The Balaban J connectivity index is 2.18. The Morgan fingerprint density at radius 3 is 1.90 bits per heavy atom. The standard InChI is InChI=1S/C17H18N4O6S2/c1-26-21(27-2)17-16(18-12-8-4-5-9-13(12)19-17)20-29(24,25)15-11-7-6-10-14(15)28(3,22)23/h4-11H,1-3H3,(H,18,20). The Kier molecular flexibility index (Phi) is 5.71. The highest BCUT2D eigenvalue weighted by atomic mass is 32.2. The summed E-state index contributed by atoms with van der Waals surface area (Å²) in [5.41, 5.74) is 0.888. The summed E-state index contributed by atoms with van der Waals surface area (Å²) in [5, 5.41) is 0.875. The van der Waals surface area contributed by atoms with Gasteiger partial charge >= 0.3 is 0 Å². The number of rotatable bonds is 7.